The molecule has 0 saturated heterocycles. The van der Waals surface area contributed by atoms with E-state index in [-0.39, 0.29) is 18.3 Å². The second-order valence-electron chi connectivity index (χ2n) is 4.90. The van der Waals surface area contributed by atoms with Crippen molar-refractivity contribution < 1.29 is 9.90 Å². The molecule has 2 unspecified atom stereocenters. The fourth-order valence-corrected chi connectivity index (χ4v) is 1.75. The highest BCUT2D eigenvalue weighted by molar-refractivity contribution is 5.90. The van der Waals surface area contributed by atoms with Crippen molar-refractivity contribution in [3.05, 3.63) is 23.8 Å². The number of hydrogen-bond donors (Lipinski definition) is 2. The Balaban J connectivity index is 2.06. The van der Waals surface area contributed by atoms with Crippen molar-refractivity contribution in [2.24, 2.45) is 5.92 Å². The third kappa shape index (κ3) is 2.93. The molecule has 0 aliphatic carbocycles. The molecular formula is C13H19N5O2. The van der Waals surface area contributed by atoms with Crippen LogP contribution in [0.1, 0.15) is 36.6 Å². The van der Waals surface area contributed by atoms with Crippen molar-refractivity contribution >= 4 is 11.7 Å². The fourth-order valence-electron chi connectivity index (χ4n) is 1.75. The SMILES string of the molecule is CCC(C)C(O)CNC(=O)c1nc2nccc(C)n2n1. The Morgan fingerprint density at radius 3 is 2.95 bits per heavy atom. The van der Waals surface area contributed by atoms with Gasteiger partial charge in [0.2, 0.25) is 5.82 Å². The molecule has 0 aromatic carbocycles. The van der Waals surface area contributed by atoms with Gasteiger partial charge in [-0.15, -0.1) is 5.10 Å². The highest BCUT2D eigenvalue weighted by Crippen LogP contribution is 2.06. The summed E-state index contributed by atoms with van der Waals surface area (Å²) in [6.45, 7) is 5.98. The molecule has 2 aromatic heterocycles. The summed E-state index contributed by atoms with van der Waals surface area (Å²) in [5.74, 6) is 0.172. The average molecular weight is 277 g/mol. The lowest BCUT2D eigenvalue weighted by Gasteiger charge is -2.16. The van der Waals surface area contributed by atoms with Crippen LogP contribution in [-0.2, 0) is 0 Å². The number of aliphatic hydroxyl groups is 1. The van der Waals surface area contributed by atoms with E-state index < -0.39 is 12.0 Å². The highest BCUT2D eigenvalue weighted by Gasteiger charge is 2.17. The lowest BCUT2D eigenvalue weighted by molar-refractivity contribution is 0.0841. The van der Waals surface area contributed by atoms with E-state index in [0.29, 0.717) is 5.78 Å². The van der Waals surface area contributed by atoms with E-state index >= 15 is 0 Å². The fraction of sp³-hybridized carbons (Fsp3) is 0.538. The topological polar surface area (TPSA) is 92.4 Å². The van der Waals surface area contributed by atoms with Gasteiger partial charge in [-0.3, -0.25) is 4.79 Å². The van der Waals surface area contributed by atoms with Crippen molar-refractivity contribution in [3.63, 3.8) is 0 Å². The van der Waals surface area contributed by atoms with Gasteiger partial charge in [0, 0.05) is 18.4 Å². The average Bonchev–Trinajstić information content (AvgIpc) is 2.89. The van der Waals surface area contributed by atoms with Crippen molar-refractivity contribution in [3.8, 4) is 0 Å². The summed E-state index contributed by atoms with van der Waals surface area (Å²) in [6.07, 6.45) is 1.90. The minimum absolute atomic E-state index is 0.0585. The lowest BCUT2D eigenvalue weighted by Crippen LogP contribution is -2.35. The number of amides is 1. The summed E-state index contributed by atoms with van der Waals surface area (Å²) in [5, 5.41) is 16.6. The Kier molecular flexibility index (Phi) is 4.29. The van der Waals surface area contributed by atoms with E-state index in [1.54, 1.807) is 12.3 Å². The van der Waals surface area contributed by atoms with E-state index in [4.69, 9.17) is 0 Å². The smallest absolute Gasteiger partial charge is 0.291 e. The molecule has 0 bridgehead atoms. The van der Waals surface area contributed by atoms with Crippen LogP contribution in [0, 0.1) is 12.8 Å². The number of carbonyl (C=O) groups is 1. The first-order chi connectivity index (χ1) is 9.52. The Hall–Kier alpha value is -2.02. The van der Waals surface area contributed by atoms with Crippen molar-refractivity contribution in [1.82, 2.24) is 24.9 Å². The molecule has 2 heterocycles. The molecule has 108 valence electrons. The standard InChI is InChI=1S/C13H19N5O2/c1-4-8(2)10(19)7-15-12(20)11-16-13-14-6-5-9(3)18(13)17-11/h5-6,8,10,19H,4,7H2,1-3H3,(H,15,20). The number of hydrogen-bond acceptors (Lipinski definition) is 5. The summed E-state index contributed by atoms with van der Waals surface area (Å²) in [4.78, 5) is 20.1. The van der Waals surface area contributed by atoms with Gasteiger partial charge in [0.05, 0.1) is 6.10 Å². The van der Waals surface area contributed by atoms with Crippen molar-refractivity contribution in [1.29, 1.82) is 0 Å². The maximum absolute atomic E-state index is 12.0. The van der Waals surface area contributed by atoms with Gasteiger partial charge in [-0.2, -0.15) is 4.98 Å². The zero-order valence-corrected chi connectivity index (χ0v) is 11.9. The number of carbonyl (C=O) groups excluding carboxylic acids is 1. The third-order valence-corrected chi connectivity index (χ3v) is 3.41. The second-order valence-corrected chi connectivity index (χ2v) is 4.90. The first kappa shape index (κ1) is 14.4. The maximum Gasteiger partial charge on any atom is 0.291 e. The molecule has 1 amide bonds. The predicted molar refractivity (Wildman–Crippen MR) is 73.3 cm³/mol. The minimum atomic E-state index is -0.569. The number of fused-ring (bicyclic) bond motifs is 1. The number of nitrogens with one attached hydrogen (secondary N) is 1. The van der Waals surface area contributed by atoms with Gasteiger partial charge < -0.3 is 10.4 Å². The number of aryl methyl sites for hydroxylation is 1. The second kappa shape index (κ2) is 5.96. The van der Waals surface area contributed by atoms with Gasteiger partial charge in [0.15, 0.2) is 0 Å². The molecule has 0 saturated carbocycles. The largest absolute Gasteiger partial charge is 0.391 e. The van der Waals surface area contributed by atoms with Gasteiger partial charge in [-0.1, -0.05) is 20.3 Å². The van der Waals surface area contributed by atoms with Crippen LogP contribution in [0.2, 0.25) is 0 Å². The van der Waals surface area contributed by atoms with Gasteiger partial charge in [-0.05, 0) is 18.9 Å². The number of aliphatic hydroxyl groups excluding tert-OH is 1. The van der Waals surface area contributed by atoms with Crippen LogP contribution in [0.15, 0.2) is 12.3 Å². The van der Waals surface area contributed by atoms with Crippen LogP contribution >= 0.6 is 0 Å². The molecule has 20 heavy (non-hydrogen) atoms. The first-order valence-corrected chi connectivity index (χ1v) is 6.67. The number of aromatic nitrogens is 4. The van der Waals surface area contributed by atoms with Crippen LogP contribution < -0.4 is 5.32 Å². The molecule has 2 atom stereocenters. The van der Waals surface area contributed by atoms with E-state index in [0.717, 1.165) is 12.1 Å². The van der Waals surface area contributed by atoms with E-state index in [9.17, 15) is 9.90 Å². The normalized spacial score (nSPS) is 14.2. The quantitative estimate of drug-likeness (QED) is 0.833. The zero-order valence-electron chi connectivity index (χ0n) is 11.9. The third-order valence-electron chi connectivity index (χ3n) is 3.41. The van der Waals surface area contributed by atoms with Gasteiger partial charge in [0.1, 0.15) is 0 Å². The van der Waals surface area contributed by atoms with Crippen LogP contribution in [-0.4, -0.2) is 43.2 Å². The summed E-state index contributed by atoms with van der Waals surface area (Å²) >= 11 is 0. The maximum atomic E-state index is 12.0. The predicted octanol–water partition coefficient (Wildman–Crippen LogP) is 0.570. The monoisotopic (exact) mass is 277 g/mol. The molecule has 2 N–H and O–H groups in total. The summed E-state index contributed by atoms with van der Waals surface area (Å²) in [6, 6.07) is 1.79. The molecule has 0 spiro atoms. The van der Waals surface area contributed by atoms with Gasteiger partial charge in [-0.25, -0.2) is 9.50 Å². The van der Waals surface area contributed by atoms with Crippen LogP contribution in [0.3, 0.4) is 0 Å². The Morgan fingerprint density at radius 1 is 1.55 bits per heavy atom. The molecule has 7 nitrogen and oxygen atoms in total. The van der Waals surface area contributed by atoms with Crippen molar-refractivity contribution in [2.75, 3.05) is 6.54 Å². The van der Waals surface area contributed by atoms with E-state index in [1.165, 1.54) is 4.52 Å². The number of rotatable bonds is 5. The summed E-state index contributed by atoms with van der Waals surface area (Å²) < 4.78 is 1.51. The summed E-state index contributed by atoms with van der Waals surface area (Å²) in [5.41, 5.74) is 0.848. The molecule has 7 heteroatoms. The summed E-state index contributed by atoms with van der Waals surface area (Å²) in [7, 11) is 0. The van der Waals surface area contributed by atoms with Crippen LogP contribution in [0.25, 0.3) is 5.78 Å². The van der Waals surface area contributed by atoms with Crippen LogP contribution in [0.5, 0.6) is 0 Å². The highest BCUT2D eigenvalue weighted by atomic mass is 16.3. The Morgan fingerprint density at radius 2 is 2.30 bits per heavy atom. The van der Waals surface area contributed by atoms with Crippen LogP contribution in [0.4, 0.5) is 0 Å². The molecule has 2 rings (SSSR count). The first-order valence-electron chi connectivity index (χ1n) is 6.67. The Labute approximate surface area is 117 Å². The van der Waals surface area contributed by atoms with Crippen molar-refractivity contribution in [2.45, 2.75) is 33.3 Å². The molecule has 0 fully saturated rings. The van der Waals surface area contributed by atoms with E-state index in [1.807, 2.05) is 20.8 Å². The molecular weight excluding hydrogens is 258 g/mol. The minimum Gasteiger partial charge on any atom is -0.391 e. The molecule has 0 aliphatic rings. The Bertz CT molecular complexity index is 610. The zero-order chi connectivity index (χ0) is 14.7. The van der Waals surface area contributed by atoms with Gasteiger partial charge >= 0.3 is 0 Å². The van der Waals surface area contributed by atoms with E-state index in [2.05, 4.69) is 20.4 Å². The van der Waals surface area contributed by atoms with Gasteiger partial charge in [0.25, 0.3) is 11.7 Å². The molecule has 2 aromatic rings. The molecule has 0 aliphatic heterocycles. The molecule has 0 radical (unpaired) electrons. The number of nitrogens with zero attached hydrogens (tertiary/aromatic N) is 4. The lowest BCUT2D eigenvalue weighted by atomic mass is 10.0.